The molecule has 1 amide bonds. The Balaban J connectivity index is 1.77. The molecular weight excluding hydrogens is 420 g/mol. The number of amides is 1. The minimum absolute atomic E-state index is 0.00385. The predicted molar refractivity (Wildman–Crippen MR) is 122 cm³/mol. The van der Waals surface area contributed by atoms with Crippen molar-refractivity contribution >= 4 is 23.5 Å². The van der Waals surface area contributed by atoms with Crippen LogP contribution in [-0.2, 0) is 16.1 Å². The first kappa shape index (κ1) is 23.2. The van der Waals surface area contributed by atoms with Crippen LogP contribution >= 0.6 is 0 Å². The van der Waals surface area contributed by atoms with Crippen LogP contribution in [0.15, 0.2) is 6.07 Å². The molecule has 1 aliphatic carbocycles. The highest BCUT2D eigenvalue weighted by atomic mass is 16.4. The molecule has 3 fully saturated rings. The number of carboxylic acid groups (broad SMARTS) is 1. The molecule has 1 N–H and O–H groups in total. The van der Waals surface area contributed by atoms with E-state index in [1.807, 2.05) is 0 Å². The third kappa shape index (κ3) is 4.73. The first-order valence-electron chi connectivity index (χ1n) is 11.9. The molecule has 8 heteroatoms. The van der Waals surface area contributed by atoms with E-state index < -0.39 is 11.9 Å². The predicted octanol–water partition coefficient (Wildman–Crippen LogP) is 3.38. The molecule has 0 spiro atoms. The molecule has 2 aliphatic heterocycles. The Morgan fingerprint density at radius 2 is 1.94 bits per heavy atom. The fourth-order valence-electron chi connectivity index (χ4n) is 5.06. The van der Waals surface area contributed by atoms with Crippen LogP contribution in [0, 0.1) is 28.6 Å². The van der Waals surface area contributed by atoms with Gasteiger partial charge in [0.15, 0.2) is 5.78 Å². The number of hydrogen-bond acceptors (Lipinski definition) is 6. The number of aromatic nitrogens is 1. The molecule has 1 aromatic rings. The molecule has 0 radical (unpaired) electrons. The van der Waals surface area contributed by atoms with Gasteiger partial charge < -0.3 is 14.9 Å². The Morgan fingerprint density at radius 1 is 1.21 bits per heavy atom. The molecule has 8 nitrogen and oxygen atoms in total. The number of pyridine rings is 1. The van der Waals surface area contributed by atoms with E-state index in [-0.39, 0.29) is 35.6 Å². The number of ketones is 1. The van der Waals surface area contributed by atoms with Crippen molar-refractivity contribution in [3.05, 3.63) is 22.9 Å². The topological polar surface area (TPSA) is 115 Å². The summed E-state index contributed by atoms with van der Waals surface area (Å²) in [6.45, 7) is 7.57. The molecule has 0 bridgehead atoms. The summed E-state index contributed by atoms with van der Waals surface area (Å²) >= 11 is 0. The zero-order chi connectivity index (χ0) is 23.9. The van der Waals surface area contributed by atoms with E-state index in [9.17, 15) is 24.8 Å². The lowest BCUT2D eigenvalue weighted by molar-refractivity contribution is -0.143. The van der Waals surface area contributed by atoms with Gasteiger partial charge in [0.05, 0.1) is 23.7 Å². The first-order valence-corrected chi connectivity index (χ1v) is 11.9. The van der Waals surface area contributed by atoms with E-state index in [0.717, 1.165) is 19.3 Å². The summed E-state index contributed by atoms with van der Waals surface area (Å²) < 4.78 is 0. The van der Waals surface area contributed by atoms with Crippen LogP contribution in [0.1, 0.15) is 80.9 Å². The lowest BCUT2D eigenvalue weighted by atomic mass is 9.76. The maximum Gasteiger partial charge on any atom is 0.306 e. The average molecular weight is 453 g/mol. The summed E-state index contributed by atoms with van der Waals surface area (Å²) in [7, 11) is 0. The third-order valence-electron chi connectivity index (χ3n) is 7.15. The molecular formula is C25H32N4O4. The van der Waals surface area contributed by atoms with E-state index in [2.05, 4.69) is 31.7 Å². The van der Waals surface area contributed by atoms with Gasteiger partial charge >= 0.3 is 5.97 Å². The monoisotopic (exact) mass is 452 g/mol. The Hall–Kier alpha value is -2.95. The molecule has 33 heavy (non-hydrogen) atoms. The summed E-state index contributed by atoms with van der Waals surface area (Å²) in [6, 6.07) is 3.76. The Morgan fingerprint density at radius 3 is 2.48 bits per heavy atom. The van der Waals surface area contributed by atoms with Crippen LogP contribution in [0.4, 0.5) is 5.82 Å². The number of piperidine rings is 1. The number of anilines is 1. The number of hydrogen-bond donors (Lipinski definition) is 1. The number of carbonyl (C=O) groups is 3. The van der Waals surface area contributed by atoms with Crippen LogP contribution in [0.3, 0.4) is 0 Å². The lowest BCUT2D eigenvalue weighted by Gasteiger charge is -2.46. The maximum atomic E-state index is 13.0. The van der Waals surface area contributed by atoms with Crippen molar-refractivity contribution in [1.29, 1.82) is 5.26 Å². The molecule has 1 aromatic heterocycles. The molecule has 3 aliphatic rings. The van der Waals surface area contributed by atoms with Crippen molar-refractivity contribution in [2.75, 3.05) is 18.0 Å². The smallest absolute Gasteiger partial charge is 0.306 e. The van der Waals surface area contributed by atoms with Gasteiger partial charge in [0, 0.05) is 37.0 Å². The van der Waals surface area contributed by atoms with Crippen LogP contribution < -0.4 is 4.90 Å². The first-order chi connectivity index (χ1) is 15.6. The molecule has 4 rings (SSSR count). The lowest BCUT2D eigenvalue weighted by Crippen LogP contribution is -2.51. The minimum atomic E-state index is -0.795. The highest BCUT2D eigenvalue weighted by molar-refractivity contribution is 6.01. The van der Waals surface area contributed by atoms with Gasteiger partial charge in [-0.1, -0.05) is 20.8 Å². The van der Waals surface area contributed by atoms with Gasteiger partial charge in [-0.2, -0.15) is 5.26 Å². The molecule has 2 unspecified atom stereocenters. The van der Waals surface area contributed by atoms with E-state index in [1.165, 1.54) is 0 Å². The van der Waals surface area contributed by atoms with Crippen molar-refractivity contribution in [2.24, 2.45) is 17.3 Å². The Labute approximate surface area is 194 Å². The number of aliphatic carboxylic acids is 1. The van der Waals surface area contributed by atoms with E-state index in [4.69, 9.17) is 4.98 Å². The van der Waals surface area contributed by atoms with Gasteiger partial charge in [0.25, 0.3) is 0 Å². The summed E-state index contributed by atoms with van der Waals surface area (Å²) in [5, 5.41) is 19.6. The number of carbonyl (C=O) groups excluding carboxylic acids is 2. The summed E-state index contributed by atoms with van der Waals surface area (Å²) in [4.78, 5) is 45.7. The van der Waals surface area contributed by atoms with Crippen LogP contribution in [-0.4, -0.2) is 51.8 Å². The van der Waals surface area contributed by atoms with Crippen molar-refractivity contribution in [2.45, 2.75) is 71.9 Å². The third-order valence-corrected chi connectivity index (χ3v) is 7.15. The van der Waals surface area contributed by atoms with Crippen molar-refractivity contribution in [3.8, 4) is 6.07 Å². The van der Waals surface area contributed by atoms with Gasteiger partial charge in [-0.25, -0.2) is 4.98 Å². The van der Waals surface area contributed by atoms with E-state index >= 15 is 0 Å². The number of nitrogens with zero attached hydrogens (tertiary/aromatic N) is 4. The van der Waals surface area contributed by atoms with Gasteiger partial charge in [0.1, 0.15) is 11.9 Å². The van der Waals surface area contributed by atoms with Gasteiger partial charge in [-0.05, 0) is 43.6 Å². The van der Waals surface area contributed by atoms with Crippen LogP contribution in [0.5, 0.6) is 0 Å². The number of rotatable bonds is 6. The highest BCUT2D eigenvalue weighted by Gasteiger charge is 2.41. The molecule has 0 aromatic carbocycles. The average Bonchev–Trinajstić information content (AvgIpc) is 3.55. The molecule has 2 saturated heterocycles. The Kier molecular flexibility index (Phi) is 6.17. The fourth-order valence-corrected chi connectivity index (χ4v) is 5.06. The molecule has 3 heterocycles. The largest absolute Gasteiger partial charge is 0.481 e. The van der Waals surface area contributed by atoms with Crippen molar-refractivity contribution < 1.29 is 19.5 Å². The number of carboxylic acids is 1. The van der Waals surface area contributed by atoms with Gasteiger partial charge in [-0.3, -0.25) is 14.4 Å². The zero-order valence-corrected chi connectivity index (χ0v) is 19.6. The molecule has 1 saturated carbocycles. The second-order valence-corrected chi connectivity index (χ2v) is 10.7. The highest BCUT2D eigenvalue weighted by Crippen LogP contribution is 2.40. The minimum Gasteiger partial charge on any atom is -0.481 e. The fraction of sp³-hybridized carbons (Fsp3) is 0.640. The normalized spacial score (nSPS) is 23.5. The van der Waals surface area contributed by atoms with Crippen LogP contribution in [0.25, 0.3) is 0 Å². The number of Topliss-reactive ketones (excluding diaryl/α,β-unsaturated/α-hetero) is 1. The molecule has 2 atom stereocenters. The standard InChI is InChI=1S/C25H32N4O4/c1-25(2,3)20-12-16(24(32)33)8-10-29(20)23-17(13-26)11-18(22(31)15-6-7-15)19(27-23)14-28-9-4-5-21(28)30/h11,15-16,20H,4-10,12,14H2,1-3H3,(H,32,33). The van der Waals surface area contributed by atoms with E-state index in [1.54, 1.807) is 11.0 Å². The number of likely N-dealkylation sites (tertiary alicyclic amines) is 1. The molecule has 176 valence electrons. The summed E-state index contributed by atoms with van der Waals surface area (Å²) in [6.07, 6.45) is 3.93. The summed E-state index contributed by atoms with van der Waals surface area (Å²) in [5.74, 6) is -0.697. The second kappa shape index (κ2) is 8.77. The second-order valence-electron chi connectivity index (χ2n) is 10.7. The number of nitriles is 1. The summed E-state index contributed by atoms with van der Waals surface area (Å²) in [5.41, 5.74) is 1.09. The Bertz CT molecular complexity index is 1020. The zero-order valence-electron chi connectivity index (χ0n) is 19.6. The maximum absolute atomic E-state index is 13.0. The van der Waals surface area contributed by atoms with Crippen molar-refractivity contribution in [1.82, 2.24) is 9.88 Å². The van der Waals surface area contributed by atoms with Gasteiger partial charge in [0.2, 0.25) is 5.91 Å². The van der Waals surface area contributed by atoms with E-state index in [0.29, 0.717) is 55.0 Å². The van der Waals surface area contributed by atoms with Crippen molar-refractivity contribution in [3.63, 3.8) is 0 Å². The van der Waals surface area contributed by atoms with Crippen LogP contribution in [0.2, 0.25) is 0 Å². The SMILES string of the molecule is CC(C)(C)C1CC(C(=O)O)CCN1c1nc(CN2CCCC2=O)c(C(=O)C2CC2)cc1C#N. The van der Waals surface area contributed by atoms with Gasteiger partial charge in [-0.15, -0.1) is 0 Å². The quantitative estimate of drug-likeness (QED) is 0.658.